The van der Waals surface area contributed by atoms with Gasteiger partial charge in [-0.3, -0.25) is 5.43 Å². The highest BCUT2D eigenvalue weighted by atomic mass is 15.6. The van der Waals surface area contributed by atoms with Crippen LogP contribution in [0.4, 0.5) is 5.82 Å². The quantitative estimate of drug-likeness (QED) is 0.544. The topological polar surface area (TPSA) is 80.4 Å². The Bertz CT molecular complexity index is 674. The van der Waals surface area contributed by atoms with Gasteiger partial charge < -0.3 is 0 Å². The van der Waals surface area contributed by atoms with Gasteiger partial charge in [0, 0.05) is 0 Å². The van der Waals surface area contributed by atoms with Crippen molar-refractivity contribution < 1.29 is 0 Å². The molecule has 2 heterocycles. The van der Waals surface area contributed by atoms with E-state index in [1.165, 1.54) is 4.63 Å². The van der Waals surface area contributed by atoms with Gasteiger partial charge in [0.05, 0.1) is 6.21 Å². The molecule has 1 aromatic carbocycles. The monoisotopic (exact) mass is 239 g/mol. The number of anilines is 1. The first kappa shape index (κ1) is 10.3. The number of hydrazone groups is 1. The lowest BCUT2D eigenvalue weighted by Gasteiger charge is -1.98. The summed E-state index contributed by atoms with van der Waals surface area (Å²) >= 11 is 0. The maximum Gasteiger partial charge on any atom is 0.200 e. The highest BCUT2D eigenvalue weighted by Crippen LogP contribution is 2.03. The molecule has 18 heavy (non-hydrogen) atoms. The van der Waals surface area contributed by atoms with Crippen molar-refractivity contribution in [2.75, 3.05) is 5.43 Å². The number of hydrogen-bond acceptors (Lipinski definition) is 6. The number of benzene rings is 1. The lowest BCUT2D eigenvalue weighted by Crippen LogP contribution is -1.99. The number of rotatable bonds is 3. The lowest BCUT2D eigenvalue weighted by molar-refractivity contribution is 0.735. The molecule has 0 saturated heterocycles. The molecule has 0 spiro atoms. The molecule has 0 aliphatic carbocycles. The maximum absolute atomic E-state index is 4.12. The van der Waals surface area contributed by atoms with Crippen LogP contribution >= 0.6 is 0 Å². The Balaban J connectivity index is 1.74. The third kappa shape index (κ3) is 2.14. The van der Waals surface area contributed by atoms with Crippen molar-refractivity contribution in [1.29, 1.82) is 0 Å². The average molecular weight is 239 g/mol. The zero-order valence-electron chi connectivity index (χ0n) is 9.30. The SMILES string of the molecule is C(=N\Nc1ccc2nnnn2n1)/c1ccccc1. The summed E-state index contributed by atoms with van der Waals surface area (Å²) < 4.78 is 1.33. The van der Waals surface area contributed by atoms with Crippen molar-refractivity contribution in [3.8, 4) is 0 Å². The van der Waals surface area contributed by atoms with Gasteiger partial charge in [-0.15, -0.1) is 14.8 Å². The Hall–Kier alpha value is -2.83. The molecule has 3 rings (SSSR count). The second-order valence-electron chi connectivity index (χ2n) is 3.53. The first-order chi connectivity index (χ1) is 8.92. The second-order valence-corrected chi connectivity index (χ2v) is 3.53. The molecule has 88 valence electrons. The van der Waals surface area contributed by atoms with Gasteiger partial charge in [-0.1, -0.05) is 30.3 Å². The average Bonchev–Trinajstić information content (AvgIpc) is 2.87. The predicted molar refractivity (Wildman–Crippen MR) is 66.2 cm³/mol. The van der Waals surface area contributed by atoms with Crippen LogP contribution in [0.3, 0.4) is 0 Å². The molecule has 0 radical (unpaired) electrons. The van der Waals surface area contributed by atoms with Crippen molar-refractivity contribution in [3.63, 3.8) is 0 Å². The maximum atomic E-state index is 4.12. The largest absolute Gasteiger partial charge is 0.260 e. The number of fused-ring (bicyclic) bond motifs is 1. The van der Waals surface area contributed by atoms with E-state index in [-0.39, 0.29) is 0 Å². The zero-order chi connectivity index (χ0) is 12.2. The van der Waals surface area contributed by atoms with Crippen molar-refractivity contribution >= 4 is 17.7 Å². The van der Waals surface area contributed by atoms with E-state index in [0.717, 1.165) is 5.56 Å². The van der Waals surface area contributed by atoms with Crippen LogP contribution < -0.4 is 5.43 Å². The summed E-state index contributed by atoms with van der Waals surface area (Å²) in [7, 11) is 0. The van der Waals surface area contributed by atoms with Crippen molar-refractivity contribution in [2.24, 2.45) is 5.10 Å². The molecule has 3 aromatic rings. The summed E-state index contributed by atoms with van der Waals surface area (Å²) in [6.07, 6.45) is 1.71. The van der Waals surface area contributed by atoms with Crippen LogP contribution in [-0.4, -0.2) is 31.5 Å². The van der Waals surface area contributed by atoms with Gasteiger partial charge in [0.25, 0.3) is 0 Å². The molecule has 0 fully saturated rings. The van der Waals surface area contributed by atoms with E-state index in [4.69, 9.17) is 0 Å². The predicted octanol–water partition coefficient (Wildman–Crippen LogP) is 0.965. The Morgan fingerprint density at radius 3 is 2.89 bits per heavy atom. The van der Waals surface area contributed by atoms with E-state index in [9.17, 15) is 0 Å². The number of tetrazole rings is 1. The normalized spacial score (nSPS) is 11.1. The first-order valence-electron chi connectivity index (χ1n) is 5.31. The Morgan fingerprint density at radius 1 is 1.11 bits per heavy atom. The summed E-state index contributed by atoms with van der Waals surface area (Å²) in [6.45, 7) is 0. The first-order valence-corrected chi connectivity index (χ1v) is 5.31. The van der Waals surface area contributed by atoms with Crippen molar-refractivity contribution in [1.82, 2.24) is 25.3 Å². The fourth-order valence-electron chi connectivity index (χ4n) is 1.42. The lowest BCUT2D eigenvalue weighted by atomic mass is 10.2. The number of hydrogen-bond donors (Lipinski definition) is 1. The number of nitrogens with one attached hydrogen (secondary N) is 1. The van der Waals surface area contributed by atoms with Crippen LogP contribution in [0.15, 0.2) is 47.6 Å². The molecule has 7 heteroatoms. The smallest absolute Gasteiger partial charge is 0.200 e. The van der Waals surface area contributed by atoms with E-state index < -0.39 is 0 Å². The zero-order valence-corrected chi connectivity index (χ0v) is 9.30. The molecule has 0 saturated carbocycles. The highest BCUT2D eigenvalue weighted by molar-refractivity contribution is 5.79. The summed E-state index contributed by atoms with van der Waals surface area (Å²) in [5.41, 5.74) is 4.42. The van der Waals surface area contributed by atoms with Gasteiger partial charge in [0.15, 0.2) is 11.5 Å². The van der Waals surface area contributed by atoms with Crippen molar-refractivity contribution in [2.45, 2.75) is 0 Å². The summed E-state index contributed by atoms with van der Waals surface area (Å²) in [6, 6.07) is 13.3. The molecule has 2 aromatic heterocycles. The van der Waals surface area contributed by atoms with Crippen molar-refractivity contribution in [3.05, 3.63) is 48.0 Å². The fourth-order valence-corrected chi connectivity index (χ4v) is 1.42. The van der Waals surface area contributed by atoms with Crippen LogP contribution in [-0.2, 0) is 0 Å². The minimum Gasteiger partial charge on any atom is -0.260 e. The van der Waals surface area contributed by atoms with Gasteiger partial charge in [0.2, 0.25) is 0 Å². The Kier molecular flexibility index (Phi) is 2.63. The van der Waals surface area contributed by atoms with Gasteiger partial charge in [-0.05, 0) is 28.1 Å². The molecule has 0 unspecified atom stereocenters. The third-order valence-corrected chi connectivity index (χ3v) is 2.26. The molecular weight excluding hydrogens is 230 g/mol. The van der Waals surface area contributed by atoms with E-state index in [0.29, 0.717) is 11.5 Å². The fraction of sp³-hybridized carbons (Fsp3) is 0. The minimum absolute atomic E-state index is 0.571. The van der Waals surface area contributed by atoms with Crippen LogP contribution in [0, 0.1) is 0 Å². The molecule has 0 aliphatic rings. The highest BCUT2D eigenvalue weighted by Gasteiger charge is 1.98. The Labute approximate surface area is 102 Å². The van der Waals surface area contributed by atoms with Crippen LogP contribution in [0.1, 0.15) is 5.56 Å². The molecule has 1 N–H and O–H groups in total. The molecule has 0 atom stereocenters. The van der Waals surface area contributed by atoms with E-state index in [1.54, 1.807) is 18.3 Å². The van der Waals surface area contributed by atoms with E-state index in [1.807, 2.05) is 30.3 Å². The Morgan fingerprint density at radius 2 is 2.00 bits per heavy atom. The molecule has 0 aliphatic heterocycles. The standard InChI is InChI=1S/C11H9N7/c1-2-4-9(5-3-1)8-12-13-10-6-7-11-14-16-17-18(11)15-10/h1-8H,(H,13,15)/b12-8+. The van der Waals surface area contributed by atoms with E-state index >= 15 is 0 Å². The number of nitrogens with zero attached hydrogens (tertiary/aromatic N) is 6. The van der Waals surface area contributed by atoms with Gasteiger partial charge in [-0.25, -0.2) is 0 Å². The van der Waals surface area contributed by atoms with Gasteiger partial charge in [0.1, 0.15) is 0 Å². The summed E-state index contributed by atoms with van der Waals surface area (Å²) in [4.78, 5) is 0. The van der Waals surface area contributed by atoms with Crippen LogP contribution in [0.5, 0.6) is 0 Å². The van der Waals surface area contributed by atoms with Crippen LogP contribution in [0.2, 0.25) is 0 Å². The molecule has 0 bridgehead atoms. The van der Waals surface area contributed by atoms with Gasteiger partial charge >= 0.3 is 0 Å². The summed E-state index contributed by atoms with van der Waals surface area (Å²) in [5, 5.41) is 19.2. The van der Waals surface area contributed by atoms with Crippen LogP contribution in [0.25, 0.3) is 5.65 Å². The molecule has 0 amide bonds. The second kappa shape index (κ2) is 4.58. The van der Waals surface area contributed by atoms with Gasteiger partial charge in [-0.2, -0.15) is 5.10 Å². The molecular formula is C11H9N7. The number of aromatic nitrogens is 5. The molecule has 7 nitrogen and oxygen atoms in total. The third-order valence-electron chi connectivity index (χ3n) is 2.26. The summed E-state index contributed by atoms with van der Waals surface area (Å²) in [5.74, 6) is 0.571. The minimum atomic E-state index is 0.571. The van der Waals surface area contributed by atoms with E-state index in [2.05, 4.69) is 31.2 Å².